The van der Waals surface area contributed by atoms with E-state index >= 15 is 0 Å². The van der Waals surface area contributed by atoms with Crippen molar-refractivity contribution in [2.45, 2.75) is 46.5 Å². The van der Waals surface area contributed by atoms with Crippen molar-refractivity contribution in [1.29, 1.82) is 0 Å². The number of Topliss-reactive ketones (excluding diaryl/α,β-unsaturated/α-hetero) is 1. The summed E-state index contributed by atoms with van der Waals surface area (Å²) in [7, 11) is -4.11. The van der Waals surface area contributed by atoms with Gasteiger partial charge in [0.25, 0.3) is 10.1 Å². The van der Waals surface area contributed by atoms with E-state index in [0.717, 1.165) is 6.42 Å². The maximum absolute atomic E-state index is 12.0. The average molecular weight is 248 g/mol. The second kappa shape index (κ2) is 4.11. The van der Waals surface area contributed by atoms with Crippen molar-refractivity contribution in [3.8, 4) is 0 Å². The maximum atomic E-state index is 12.0. The Kier molecular flexibility index (Phi) is 3.50. The van der Waals surface area contributed by atoms with Crippen LogP contribution < -0.4 is 0 Å². The summed E-state index contributed by atoms with van der Waals surface area (Å²) in [6, 6.07) is 0. The van der Waals surface area contributed by atoms with Gasteiger partial charge in [-0.15, -0.1) is 0 Å². The normalized spacial score (nSPS) is 29.6. The first-order valence-electron chi connectivity index (χ1n) is 5.63. The Bertz CT molecular complexity index is 383. The first-order chi connectivity index (χ1) is 7.15. The first kappa shape index (κ1) is 13.6. The second-order valence-electron chi connectivity index (χ2n) is 5.37. The molecule has 1 N–H and O–H groups in total. The third-order valence-corrected chi connectivity index (χ3v) is 4.77. The van der Waals surface area contributed by atoms with Crippen molar-refractivity contribution in [3.05, 3.63) is 0 Å². The highest BCUT2D eigenvalue weighted by Crippen LogP contribution is 2.53. The molecule has 0 bridgehead atoms. The van der Waals surface area contributed by atoms with Crippen LogP contribution in [0.3, 0.4) is 0 Å². The molecule has 0 aromatic rings. The van der Waals surface area contributed by atoms with E-state index in [9.17, 15) is 13.2 Å². The maximum Gasteiger partial charge on any atom is 0.265 e. The molecule has 1 aliphatic rings. The Balaban J connectivity index is 3.18. The van der Waals surface area contributed by atoms with Crippen molar-refractivity contribution in [2.24, 2.45) is 10.8 Å². The molecular weight excluding hydrogens is 228 g/mol. The molecule has 94 valence electrons. The monoisotopic (exact) mass is 248 g/mol. The summed E-state index contributed by atoms with van der Waals surface area (Å²) < 4.78 is 31.2. The first-order valence-corrected chi connectivity index (χ1v) is 7.24. The number of carbonyl (C=O) groups is 1. The van der Waals surface area contributed by atoms with E-state index in [2.05, 4.69) is 0 Å². The van der Waals surface area contributed by atoms with Crippen molar-refractivity contribution >= 4 is 15.9 Å². The van der Waals surface area contributed by atoms with Gasteiger partial charge in [0.15, 0.2) is 0 Å². The molecule has 1 saturated carbocycles. The lowest BCUT2D eigenvalue weighted by molar-refractivity contribution is -0.128. The van der Waals surface area contributed by atoms with Gasteiger partial charge in [0.2, 0.25) is 0 Å². The van der Waals surface area contributed by atoms with Crippen LogP contribution in [0, 0.1) is 10.8 Å². The minimum Gasteiger partial charge on any atom is -0.299 e. The minimum atomic E-state index is -4.11. The molecule has 1 aliphatic carbocycles. The summed E-state index contributed by atoms with van der Waals surface area (Å²) in [5.41, 5.74) is -1.24. The fourth-order valence-corrected chi connectivity index (χ4v) is 4.16. The summed E-state index contributed by atoms with van der Waals surface area (Å²) in [6.07, 6.45) is 2.38. The zero-order valence-corrected chi connectivity index (χ0v) is 10.9. The molecule has 0 amide bonds. The summed E-state index contributed by atoms with van der Waals surface area (Å²) in [5, 5.41) is 0. The van der Waals surface area contributed by atoms with Crippen LogP contribution in [0.25, 0.3) is 0 Å². The van der Waals surface area contributed by atoms with E-state index in [-0.39, 0.29) is 11.2 Å². The molecule has 1 unspecified atom stereocenters. The van der Waals surface area contributed by atoms with Crippen LogP contribution in [0.15, 0.2) is 0 Å². The van der Waals surface area contributed by atoms with Crippen molar-refractivity contribution in [3.63, 3.8) is 0 Å². The van der Waals surface area contributed by atoms with Gasteiger partial charge in [-0.1, -0.05) is 27.2 Å². The van der Waals surface area contributed by atoms with Crippen LogP contribution >= 0.6 is 0 Å². The molecule has 1 atom stereocenters. The van der Waals surface area contributed by atoms with Gasteiger partial charge >= 0.3 is 0 Å². The summed E-state index contributed by atoms with van der Waals surface area (Å²) in [5.74, 6) is -0.448. The van der Waals surface area contributed by atoms with E-state index in [0.29, 0.717) is 19.3 Å². The molecule has 0 aromatic heterocycles. The number of ketones is 1. The summed E-state index contributed by atoms with van der Waals surface area (Å²) in [6.45, 7) is 5.75. The smallest absolute Gasteiger partial charge is 0.265 e. The largest absolute Gasteiger partial charge is 0.299 e. The molecule has 0 spiro atoms. The van der Waals surface area contributed by atoms with Crippen LogP contribution in [0.5, 0.6) is 0 Å². The Hall–Kier alpha value is -0.420. The number of carbonyl (C=O) groups excluding carboxylic acids is 1. The molecule has 4 nitrogen and oxygen atoms in total. The van der Waals surface area contributed by atoms with Crippen LogP contribution in [0.2, 0.25) is 0 Å². The predicted molar refractivity (Wildman–Crippen MR) is 61.8 cm³/mol. The standard InChI is InChI=1S/C11H20O4S/c1-4-6-11(8-16(13,14)15)9(12)5-7-10(11,2)3/h4-8H2,1-3H3,(H,13,14,15). The average Bonchev–Trinajstić information content (AvgIpc) is 2.28. The number of hydrogen-bond donors (Lipinski definition) is 1. The molecule has 0 aliphatic heterocycles. The number of rotatable bonds is 4. The van der Waals surface area contributed by atoms with Gasteiger partial charge in [-0.2, -0.15) is 8.42 Å². The van der Waals surface area contributed by atoms with Crippen LogP contribution in [0.1, 0.15) is 46.5 Å². The third kappa shape index (κ3) is 2.30. The molecule has 0 heterocycles. The molecule has 5 heteroatoms. The summed E-state index contributed by atoms with van der Waals surface area (Å²) in [4.78, 5) is 12.0. The van der Waals surface area contributed by atoms with Crippen LogP contribution in [0.4, 0.5) is 0 Å². The second-order valence-corrected chi connectivity index (χ2v) is 6.82. The lowest BCUT2D eigenvalue weighted by Gasteiger charge is -2.39. The van der Waals surface area contributed by atoms with Crippen LogP contribution in [-0.4, -0.2) is 24.5 Å². The van der Waals surface area contributed by atoms with Gasteiger partial charge in [0.05, 0.1) is 11.2 Å². The molecule has 16 heavy (non-hydrogen) atoms. The third-order valence-electron chi connectivity index (χ3n) is 3.91. The Morgan fingerprint density at radius 2 is 1.94 bits per heavy atom. The fraction of sp³-hybridized carbons (Fsp3) is 0.909. The lowest BCUT2D eigenvalue weighted by Crippen LogP contribution is -2.44. The molecule has 1 fully saturated rings. The lowest BCUT2D eigenvalue weighted by atomic mass is 9.66. The summed E-state index contributed by atoms with van der Waals surface area (Å²) >= 11 is 0. The van der Waals surface area contributed by atoms with E-state index in [1.165, 1.54) is 0 Å². The Morgan fingerprint density at radius 1 is 1.38 bits per heavy atom. The van der Waals surface area contributed by atoms with Gasteiger partial charge in [0, 0.05) is 6.42 Å². The highest BCUT2D eigenvalue weighted by atomic mass is 32.2. The number of hydrogen-bond acceptors (Lipinski definition) is 3. The SMILES string of the molecule is CCCC1(CS(=O)(=O)O)C(=O)CCC1(C)C. The van der Waals surface area contributed by atoms with E-state index < -0.39 is 21.3 Å². The zero-order valence-electron chi connectivity index (χ0n) is 10.1. The van der Waals surface area contributed by atoms with Gasteiger partial charge in [0.1, 0.15) is 5.78 Å². The van der Waals surface area contributed by atoms with Crippen molar-refractivity contribution < 1.29 is 17.8 Å². The molecule has 0 radical (unpaired) electrons. The predicted octanol–water partition coefficient (Wildman–Crippen LogP) is 2.05. The van der Waals surface area contributed by atoms with Gasteiger partial charge in [-0.3, -0.25) is 9.35 Å². The van der Waals surface area contributed by atoms with Gasteiger partial charge < -0.3 is 0 Å². The minimum absolute atomic E-state index is 0.0167. The topological polar surface area (TPSA) is 71.4 Å². The van der Waals surface area contributed by atoms with Crippen LogP contribution in [-0.2, 0) is 14.9 Å². The Morgan fingerprint density at radius 3 is 2.25 bits per heavy atom. The molecular formula is C11H20O4S. The highest BCUT2D eigenvalue weighted by Gasteiger charge is 2.55. The van der Waals surface area contributed by atoms with Gasteiger partial charge in [-0.25, -0.2) is 0 Å². The van der Waals surface area contributed by atoms with Crippen molar-refractivity contribution in [1.82, 2.24) is 0 Å². The van der Waals surface area contributed by atoms with E-state index in [1.54, 1.807) is 0 Å². The molecule has 0 saturated heterocycles. The zero-order chi connectivity index (χ0) is 12.6. The van der Waals surface area contributed by atoms with E-state index in [4.69, 9.17) is 4.55 Å². The van der Waals surface area contributed by atoms with E-state index in [1.807, 2.05) is 20.8 Å². The van der Waals surface area contributed by atoms with Gasteiger partial charge in [-0.05, 0) is 18.3 Å². The Labute approximate surface area is 97.2 Å². The quantitative estimate of drug-likeness (QED) is 0.773. The fourth-order valence-electron chi connectivity index (χ4n) is 2.85. The molecule has 0 aromatic carbocycles. The molecule has 1 rings (SSSR count). The highest BCUT2D eigenvalue weighted by molar-refractivity contribution is 7.85. The van der Waals surface area contributed by atoms with Crippen molar-refractivity contribution in [2.75, 3.05) is 5.75 Å².